The Hall–Kier alpha value is -2.90. The number of aromatic nitrogens is 1. The molecule has 0 aromatic carbocycles. The standard InChI is InChI=1S/C14H14N4O4/c19-14(10-4-6-22-9-10)17-5-3-11(8-17)16-13-2-1-12(7-15-13)18(20)21/h1-2,4,6-7,9,11H,3,5,8H2,(H,15,16). The third-order valence-corrected chi connectivity index (χ3v) is 3.55. The van der Waals surface area contributed by atoms with Crippen LogP contribution >= 0.6 is 0 Å². The second-order valence-corrected chi connectivity index (χ2v) is 5.05. The van der Waals surface area contributed by atoms with E-state index in [9.17, 15) is 14.9 Å². The third kappa shape index (κ3) is 2.90. The zero-order chi connectivity index (χ0) is 15.5. The zero-order valence-corrected chi connectivity index (χ0v) is 11.6. The van der Waals surface area contributed by atoms with Gasteiger partial charge in [0.05, 0.1) is 16.7 Å². The lowest BCUT2D eigenvalue weighted by Gasteiger charge is -2.16. The van der Waals surface area contributed by atoms with Crippen LogP contribution in [0.3, 0.4) is 0 Å². The van der Waals surface area contributed by atoms with E-state index in [0.29, 0.717) is 24.5 Å². The average molecular weight is 302 g/mol. The highest BCUT2D eigenvalue weighted by atomic mass is 16.6. The van der Waals surface area contributed by atoms with Crippen LogP contribution in [0.15, 0.2) is 41.3 Å². The molecule has 8 nitrogen and oxygen atoms in total. The molecule has 1 fully saturated rings. The first kappa shape index (κ1) is 14.1. The summed E-state index contributed by atoms with van der Waals surface area (Å²) in [6.45, 7) is 1.21. The van der Waals surface area contributed by atoms with E-state index in [1.807, 2.05) is 0 Å². The Labute approximate surface area is 125 Å². The number of furan rings is 1. The van der Waals surface area contributed by atoms with Gasteiger partial charge in [-0.1, -0.05) is 0 Å². The van der Waals surface area contributed by atoms with E-state index in [1.54, 1.807) is 17.0 Å². The Balaban J connectivity index is 1.59. The van der Waals surface area contributed by atoms with Gasteiger partial charge in [-0.25, -0.2) is 4.98 Å². The Morgan fingerprint density at radius 2 is 2.32 bits per heavy atom. The first-order chi connectivity index (χ1) is 10.6. The van der Waals surface area contributed by atoms with E-state index >= 15 is 0 Å². The highest BCUT2D eigenvalue weighted by Crippen LogP contribution is 2.18. The summed E-state index contributed by atoms with van der Waals surface area (Å²) in [5, 5.41) is 13.8. The smallest absolute Gasteiger partial charge is 0.287 e. The Morgan fingerprint density at radius 1 is 1.45 bits per heavy atom. The van der Waals surface area contributed by atoms with E-state index in [0.717, 1.165) is 6.42 Å². The van der Waals surface area contributed by atoms with Crippen LogP contribution in [-0.2, 0) is 0 Å². The fraction of sp³-hybridized carbons (Fsp3) is 0.286. The molecule has 2 aromatic heterocycles. The first-order valence-electron chi connectivity index (χ1n) is 6.82. The van der Waals surface area contributed by atoms with Gasteiger partial charge in [0.2, 0.25) is 0 Å². The SMILES string of the molecule is O=C(c1ccoc1)N1CCC(Nc2ccc([N+](=O)[O-])cn2)C1. The molecule has 1 aliphatic heterocycles. The first-order valence-corrected chi connectivity index (χ1v) is 6.82. The average Bonchev–Trinajstić information content (AvgIpc) is 3.19. The van der Waals surface area contributed by atoms with Gasteiger partial charge in [0, 0.05) is 25.2 Å². The summed E-state index contributed by atoms with van der Waals surface area (Å²) < 4.78 is 4.92. The summed E-state index contributed by atoms with van der Waals surface area (Å²) in [4.78, 5) is 28.0. The van der Waals surface area contributed by atoms with Crippen molar-refractivity contribution in [3.63, 3.8) is 0 Å². The molecule has 1 atom stereocenters. The van der Waals surface area contributed by atoms with Crippen molar-refractivity contribution in [1.82, 2.24) is 9.88 Å². The molecular formula is C14H14N4O4. The number of amides is 1. The minimum absolute atomic E-state index is 0.0475. The number of hydrogen-bond donors (Lipinski definition) is 1. The monoisotopic (exact) mass is 302 g/mol. The Kier molecular flexibility index (Phi) is 3.73. The van der Waals surface area contributed by atoms with Crippen LogP contribution < -0.4 is 5.32 Å². The molecule has 2 aromatic rings. The summed E-state index contributed by atoms with van der Waals surface area (Å²) in [7, 11) is 0. The number of carbonyl (C=O) groups is 1. The van der Waals surface area contributed by atoms with Crippen molar-refractivity contribution in [3.05, 3.63) is 52.6 Å². The summed E-state index contributed by atoms with van der Waals surface area (Å²) in [5.41, 5.74) is 0.489. The lowest BCUT2D eigenvalue weighted by molar-refractivity contribution is -0.385. The molecule has 1 amide bonds. The van der Waals surface area contributed by atoms with Crippen molar-refractivity contribution < 1.29 is 14.1 Å². The quantitative estimate of drug-likeness (QED) is 0.683. The largest absolute Gasteiger partial charge is 0.472 e. The molecular weight excluding hydrogens is 288 g/mol. The molecule has 0 radical (unpaired) electrons. The van der Waals surface area contributed by atoms with Gasteiger partial charge in [0.15, 0.2) is 0 Å². The lowest BCUT2D eigenvalue weighted by Crippen LogP contribution is -2.31. The molecule has 1 saturated heterocycles. The lowest BCUT2D eigenvalue weighted by atomic mass is 10.2. The molecule has 22 heavy (non-hydrogen) atoms. The fourth-order valence-electron chi connectivity index (χ4n) is 2.42. The molecule has 8 heteroatoms. The number of nitrogens with one attached hydrogen (secondary N) is 1. The van der Waals surface area contributed by atoms with E-state index in [1.165, 1.54) is 24.8 Å². The van der Waals surface area contributed by atoms with Crippen molar-refractivity contribution in [2.45, 2.75) is 12.5 Å². The number of likely N-dealkylation sites (tertiary alicyclic amines) is 1. The van der Waals surface area contributed by atoms with Crippen LogP contribution in [0.2, 0.25) is 0 Å². The normalized spacial score (nSPS) is 17.5. The summed E-state index contributed by atoms with van der Waals surface area (Å²) >= 11 is 0. The van der Waals surface area contributed by atoms with Crippen molar-refractivity contribution in [1.29, 1.82) is 0 Å². The molecule has 0 saturated carbocycles. The topological polar surface area (TPSA) is 102 Å². The van der Waals surface area contributed by atoms with Gasteiger partial charge in [0.1, 0.15) is 18.3 Å². The van der Waals surface area contributed by atoms with Gasteiger partial charge in [-0.15, -0.1) is 0 Å². The van der Waals surface area contributed by atoms with Crippen molar-refractivity contribution >= 4 is 17.4 Å². The molecule has 1 aliphatic rings. The summed E-state index contributed by atoms with van der Waals surface area (Å²) in [6.07, 6.45) is 4.91. The number of carbonyl (C=O) groups excluding carboxylic acids is 1. The fourth-order valence-corrected chi connectivity index (χ4v) is 2.42. The second-order valence-electron chi connectivity index (χ2n) is 5.05. The highest BCUT2D eigenvalue weighted by molar-refractivity contribution is 5.94. The molecule has 0 spiro atoms. The van der Waals surface area contributed by atoms with Crippen molar-refractivity contribution in [2.24, 2.45) is 0 Å². The highest BCUT2D eigenvalue weighted by Gasteiger charge is 2.27. The van der Waals surface area contributed by atoms with E-state index in [-0.39, 0.29) is 17.6 Å². The number of rotatable bonds is 4. The molecule has 0 aliphatic carbocycles. The molecule has 1 N–H and O–H groups in total. The summed E-state index contributed by atoms with van der Waals surface area (Å²) in [5.74, 6) is 0.503. The van der Waals surface area contributed by atoms with Crippen LogP contribution in [0, 0.1) is 10.1 Å². The second kappa shape index (κ2) is 5.84. The Morgan fingerprint density at radius 3 is 2.95 bits per heavy atom. The predicted octanol–water partition coefficient (Wildman–Crippen LogP) is 1.91. The molecule has 114 valence electrons. The van der Waals surface area contributed by atoms with Gasteiger partial charge in [-0.3, -0.25) is 14.9 Å². The maximum Gasteiger partial charge on any atom is 0.287 e. The van der Waals surface area contributed by atoms with Crippen LogP contribution in [0.4, 0.5) is 11.5 Å². The van der Waals surface area contributed by atoms with E-state index in [2.05, 4.69) is 10.3 Å². The van der Waals surface area contributed by atoms with Gasteiger partial charge >= 0.3 is 0 Å². The number of anilines is 1. The molecule has 3 heterocycles. The van der Waals surface area contributed by atoms with Crippen molar-refractivity contribution in [2.75, 3.05) is 18.4 Å². The van der Waals surface area contributed by atoms with E-state index in [4.69, 9.17) is 4.42 Å². The van der Waals surface area contributed by atoms with Crippen LogP contribution in [0.1, 0.15) is 16.8 Å². The molecule has 0 bridgehead atoms. The van der Waals surface area contributed by atoms with Crippen LogP contribution in [0.5, 0.6) is 0 Å². The van der Waals surface area contributed by atoms with Gasteiger partial charge in [-0.2, -0.15) is 0 Å². The third-order valence-electron chi connectivity index (χ3n) is 3.55. The molecule has 1 unspecified atom stereocenters. The number of nitrogens with zero attached hydrogens (tertiary/aromatic N) is 3. The minimum Gasteiger partial charge on any atom is -0.472 e. The Bertz CT molecular complexity index is 669. The summed E-state index contributed by atoms with van der Waals surface area (Å²) in [6, 6.07) is 4.68. The predicted molar refractivity (Wildman–Crippen MR) is 77.5 cm³/mol. The number of pyridine rings is 1. The number of nitro groups is 1. The minimum atomic E-state index is -0.488. The maximum atomic E-state index is 12.2. The van der Waals surface area contributed by atoms with Gasteiger partial charge < -0.3 is 14.6 Å². The van der Waals surface area contributed by atoms with Crippen LogP contribution in [0.25, 0.3) is 0 Å². The number of hydrogen-bond acceptors (Lipinski definition) is 6. The zero-order valence-electron chi connectivity index (χ0n) is 11.6. The van der Waals surface area contributed by atoms with Gasteiger partial charge in [-0.05, 0) is 18.6 Å². The van der Waals surface area contributed by atoms with Gasteiger partial charge in [0.25, 0.3) is 11.6 Å². The molecule has 3 rings (SSSR count). The maximum absolute atomic E-state index is 12.2. The van der Waals surface area contributed by atoms with E-state index < -0.39 is 4.92 Å². The van der Waals surface area contributed by atoms with Crippen LogP contribution in [-0.4, -0.2) is 39.8 Å². The van der Waals surface area contributed by atoms with Crippen molar-refractivity contribution in [3.8, 4) is 0 Å².